The Bertz CT molecular complexity index is 2110. The number of ketones is 1. The van der Waals surface area contributed by atoms with Crippen molar-refractivity contribution < 1.29 is 36.7 Å². The van der Waals surface area contributed by atoms with Crippen LogP contribution in [0.2, 0.25) is 0 Å². The molecule has 0 bridgehead atoms. The summed E-state index contributed by atoms with van der Waals surface area (Å²) >= 11 is 0. The Labute approximate surface area is 348 Å². The summed E-state index contributed by atoms with van der Waals surface area (Å²) in [5.41, 5.74) is 2.31. The Kier molecular flexibility index (Phi) is 12.8. The highest BCUT2D eigenvalue weighted by Crippen LogP contribution is 2.42. The van der Waals surface area contributed by atoms with Crippen molar-refractivity contribution in [3.8, 4) is 11.5 Å². The number of aromatic amines is 1. The number of amides is 3. The largest absolute Gasteiger partial charge is 0.352 e. The molecule has 60 heavy (non-hydrogen) atoms. The summed E-state index contributed by atoms with van der Waals surface area (Å²) in [7, 11) is 1.69. The van der Waals surface area contributed by atoms with Crippen molar-refractivity contribution in [2.24, 2.45) is 23.7 Å². The van der Waals surface area contributed by atoms with Crippen LogP contribution in [0.1, 0.15) is 78.7 Å². The summed E-state index contributed by atoms with van der Waals surface area (Å²) in [6, 6.07) is 5.84. The van der Waals surface area contributed by atoms with Crippen LogP contribution in [0.3, 0.4) is 0 Å². The van der Waals surface area contributed by atoms with E-state index >= 15 is 8.78 Å². The quantitative estimate of drug-likeness (QED) is 0.108. The molecule has 3 N–H and O–H groups in total. The summed E-state index contributed by atoms with van der Waals surface area (Å²) in [5.74, 6) is -2.81. The molecule has 7 rings (SSSR count). The molecule has 3 fully saturated rings. The Morgan fingerprint density at radius 2 is 1.55 bits per heavy atom. The molecule has 2 aromatic carbocycles. The first kappa shape index (κ1) is 43.3. The third-order valence-electron chi connectivity index (χ3n) is 13.1. The molecule has 3 aliphatic rings. The summed E-state index contributed by atoms with van der Waals surface area (Å²) in [4.78, 5) is 65.9. The molecule has 4 heterocycles. The number of imidazole rings is 1. The molecule has 2 saturated heterocycles. The van der Waals surface area contributed by atoms with Crippen LogP contribution >= 0.6 is 0 Å². The first-order valence-corrected chi connectivity index (χ1v) is 21.4. The maximum atomic E-state index is 15.5. The van der Waals surface area contributed by atoms with Gasteiger partial charge >= 0.3 is 0 Å². The van der Waals surface area contributed by atoms with Crippen LogP contribution in [-0.2, 0) is 32.1 Å². The van der Waals surface area contributed by atoms with Gasteiger partial charge in [0, 0.05) is 60.7 Å². The first-order chi connectivity index (χ1) is 28.6. The van der Waals surface area contributed by atoms with Gasteiger partial charge in [-0.2, -0.15) is 0 Å². The van der Waals surface area contributed by atoms with Gasteiger partial charge in [0.25, 0.3) is 0 Å². The summed E-state index contributed by atoms with van der Waals surface area (Å²) in [6.07, 6.45) is -0.114. The summed E-state index contributed by atoms with van der Waals surface area (Å²) < 4.78 is 62.4. The Hall–Kier alpha value is -4.79. The van der Waals surface area contributed by atoms with Crippen LogP contribution in [0.5, 0.6) is 0 Å². The van der Waals surface area contributed by atoms with Gasteiger partial charge in [-0.15, -0.1) is 0 Å². The Balaban J connectivity index is 1.27. The lowest BCUT2D eigenvalue weighted by Crippen LogP contribution is -2.54. The highest BCUT2D eigenvalue weighted by molar-refractivity contribution is 5.93. The number of aromatic nitrogens is 3. The van der Waals surface area contributed by atoms with Crippen LogP contribution in [0.15, 0.2) is 36.4 Å². The lowest BCUT2D eigenvalue weighted by molar-refractivity contribution is -0.140. The molecule has 1 aliphatic carbocycles. The fourth-order valence-electron chi connectivity index (χ4n) is 9.08. The number of H-pyrrole nitrogens is 1. The van der Waals surface area contributed by atoms with E-state index < -0.39 is 60.0 Å². The van der Waals surface area contributed by atoms with Gasteiger partial charge in [-0.3, -0.25) is 19.2 Å². The van der Waals surface area contributed by atoms with Crippen molar-refractivity contribution in [1.29, 1.82) is 0 Å². The lowest BCUT2D eigenvalue weighted by Gasteiger charge is -2.32. The standard InChI is InChI=1S/C45H57F4N7O4/c1-7-24(4)43(58)53-40(23(2)3)45(60)55-21-30(49)15-32(55)22-56-38-13-11-28(47)17-37(38)52-42(56)41-35(33-12-10-27(46)16-36(33)51-41)18-31-14-29(48)20-54(31)44(59)34(26-8-9-26)19-39(57)25(5)50-6/h10-13,16-17,23-26,29-32,34,40,50-51H,7-9,14-15,18-22H2,1-6H3,(H,53,58)/t24-,25+,29+,30+,31+,32+,34+,40+/m1/s1. The van der Waals surface area contributed by atoms with Gasteiger partial charge in [0.15, 0.2) is 5.82 Å². The molecular weight excluding hydrogens is 779 g/mol. The van der Waals surface area contributed by atoms with Crippen molar-refractivity contribution in [3.63, 3.8) is 0 Å². The number of carbonyl (C=O) groups is 4. The van der Waals surface area contributed by atoms with Crippen molar-refractivity contribution in [1.82, 2.24) is 35.0 Å². The van der Waals surface area contributed by atoms with Gasteiger partial charge in [-0.1, -0.05) is 27.7 Å². The third-order valence-corrected chi connectivity index (χ3v) is 13.1. The molecular formula is C45H57F4N7O4. The molecule has 11 nitrogen and oxygen atoms in total. The number of hydrogen-bond donors (Lipinski definition) is 3. The molecule has 8 atom stereocenters. The minimum atomic E-state index is -1.34. The molecule has 2 aromatic heterocycles. The number of fused-ring (bicyclic) bond motifs is 2. The van der Waals surface area contributed by atoms with Gasteiger partial charge in [0.2, 0.25) is 17.7 Å². The number of halogens is 4. The second-order valence-corrected chi connectivity index (χ2v) is 17.7. The van der Waals surface area contributed by atoms with Crippen molar-refractivity contribution in [2.75, 3.05) is 20.1 Å². The van der Waals surface area contributed by atoms with E-state index in [-0.39, 0.29) is 80.7 Å². The van der Waals surface area contributed by atoms with E-state index in [0.29, 0.717) is 45.4 Å². The highest BCUT2D eigenvalue weighted by atomic mass is 19.1. The number of likely N-dealkylation sites (N-methyl/N-ethyl adjacent to an activating group) is 1. The molecule has 4 aromatic rings. The zero-order chi connectivity index (χ0) is 43.2. The number of likely N-dealkylation sites (tertiary alicyclic amines) is 2. The normalized spacial score (nSPS) is 22.8. The molecule has 15 heteroatoms. The molecule has 0 radical (unpaired) electrons. The van der Waals surface area contributed by atoms with Gasteiger partial charge in [0.1, 0.15) is 35.8 Å². The second kappa shape index (κ2) is 17.7. The Morgan fingerprint density at radius 3 is 2.20 bits per heavy atom. The molecule has 3 amide bonds. The average Bonchev–Trinajstić information content (AvgIpc) is 3.58. The number of nitrogens with zero attached hydrogens (tertiary/aromatic N) is 4. The van der Waals surface area contributed by atoms with Crippen LogP contribution in [0.4, 0.5) is 17.6 Å². The van der Waals surface area contributed by atoms with Crippen LogP contribution < -0.4 is 10.6 Å². The number of rotatable bonds is 16. The van der Waals surface area contributed by atoms with E-state index in [2.05, 4.69) is 15.6 Å². The van der Waals surface area contributed by atoms with Crippen LogP contribution in [-0.4, -0.2) is 104 Å². The maximum Gasteiger partial charge on any atom is 0.245 e. The van der Waals surface area contributed by atoms with Crippen molar-refractivity contribution >= 4 is 45.4 Å². The van der Waals surface area contributed by atoms with Crippen LogP contribution in [0, 0.1) is 35.3 Å². The maximum absolute atomic E-state index is 15.5. The monoisotopic (exact) mass is 835 g/mol. The number of Topliss-reactive ketones (excluding diaryl/α,β-unsaturated/α-hetero) is 1. The highest BCUT2D eigenvalue weighted by Gasteiger charge is 2.45. The first-order valence-electron chi connectivity index (χ1n) is 21.4. The minimum Gasteiger partial charge on any atom is -0.352 e. The lowest BCUT2D eigenvalue weighted by atomic mass is 9.92. The molecule has 1 saturated carbocycles. The van der Waals surface area contributed by atoms with Gasteiger partial charge in [-0.25, -0.2) is 22.5 Å². The number of carbonyl (C=O) groups excluding carboxylic acids is 4. The second-order valence-electron chi connectivity index (χ2n) is 17.7. The number of alkyl halides is 2. The average molecular weight is 836 g/mol. The smallest absolute Gasteiger partial charge is 0.245 e. The van der Waals surface area contributed by atoms with Crippen molar-refractivity contribution in [3.05, 3.63) is 53.6 Å². The predicted octanol–water partition coefficient (Wildman–Crippen LogP) is 6.66. The van der Waals surface area contributed by atoms with Gasteiger partial charge < -0.3 is 30.0 Å². The third kappa shape index (κ3) is 8.82. The fraction of sp³-hybridized carbons (Fsp3) is 0.578. The number of nitrogens with one attached hydrogen (secondary N) is 3. The number of hydrogen-bond acceptors (Lipinski definition) is 6. The van der Waals surface area contributed by atoms with E-state index in [0.717, 1.165) is 12.8 Å². The van der Waals surface area contributed by atoms with Gasteiger partial charge in [-0.05, 0) is 87.4 Å². The zero-order valence-electron chi connectivity index (χ0n) is 35.2. The minimum absolute atomic E-state index is 0.00966. The topological polar surface area (TPSA) is 132 Å². The zero-order valence-corrected chi connectivity index (χ0v) is 35.2. The SMILES string of the molecule is CC[C@@H](C)C(=O)N[C@H](C(=O)N1C[C@@H](F)C[C@H]1Cn1c(-c2[nH]c3cc(F)ccc3c2C[C@@H]2C[C@H](F)CN2C(=O)[C@@H](CC(=O)[C@H](C)NC)C2CC2)nc2cc(F)ccc21)C(C)C. The van der Waals surface area contributed by atoms with E-state index in [1.807, 2.05) is 20.8 Å². The van der Waals surface area contributed by atoms with E-state index in [1.54, 1.807) is 42.5 Å². The fourth-order valence-corrected chi connectivity index (χ4v) is 9.08. The van der Waals surface area contributed by atoms with Crippen molar-refractivity contribution in [2.45, 2.75) is 123 Å². The molecule has 0 spiro atoms. The molecule has 324 valence electrons. The van der Waals surface area contributed by atoms with E-state index in [4.69, 9.17) is 4.98 Å². The predicted molar refractivity (Wildman–Crippen MR) is 221 cm³/mol. The number of benzene rings is 2. The summed E-state index contributed by atoms with van der Waals surface area (Å²) in [6.45, 7) is 8.85. The van der Waals surface area contributed by atoms with Gasteiger partial charge in [0.05, 0.1) is 41.9 Å². The summed E-state index contributed by atoms with van der Waals surface area (Å²) in [5, 5.41) is 6.47. The van der Waals surface area contributed by atoms with E-state index in [1.165, 1.54) is 29.2 Å². The Morgan fingerprint density at radius 1 is 0.900 bits per heavy atom. The van der Waals surface area contributed by atoms with E-state index in [9.17, 15) is 28.0 Å². The molecule has 0 unspecified atom stereocenters. The molecule has 2 aliphatic heterocycles. The van der Waals surface area contributed by atoms with Crippen LogP contribution in [0.25, 0.3) is 33.5 Å².